The number of hydrogen-bond donors (Lipinski definition) is 2. The number of rotatable bonds is 6. The molecule has 0 unspecified atom stereocenters. The fourth-order valence-electron chi connectivity index (χ4n) is 2.43. The summed E-state index contributed by atoms with van der Waals surface area (Å²) in [6.07, 6.45) is 3.02. The number of benzene rings is 2. The van der Waals surface area contributed by atoms with Gasteiger partial charge in [-0.1, -0.05) is 53.6 Å². The van der Waals surface area contributed by atoms with Crippen LogP contribution in [0.25, 0.3) is 0 Å². The van der Waals surface area contributed by atoms with Crippen molar-refractivity contribution in [2.75, 3.05) is 5.32 Å². The van der Waals surface area contributed by atoms with Gasteiger partial charge in [-0.25, -0.2) is 9.97 Å². The van der Waals surface area contributed by atoms with Crippen molar-refractivity contribution in [1.29, 1.82) is 0 Å². The number of aryl methyl sites for hydroxylation is 1. The van der Waals surface area contributed by atoms with Gasteiger partial charge in [-0.2, -0.15) is 0 Å². The second-order valence-corrected chi connectivity index (χ2v) is 6.38. The largest absolute Gasteiger partial charge is 0.365 e. The Morgan fingerprint density at radius 2 is 1.81 bits per heavy atom. The van der Waals surface area contributed by atoms with Gasteiger partial charge in [0.1, 0.15) is 11.5 Å². The van der Waals surface area contributed by atoms with Crippen molar-refractivity contribution >= 4 is 23.3 Å². The van der Waals surface area contributed by atoms with Crippen molar-refractivity contribution in [3.8, 4) is 0 Å². The zero-order valence-corrected chi connectivity index (χ0v) is 15.1. The molecule has 2 aromatic carbocycles. The van der Waals surface area contributed by atoms with E-state index in [1.807, 2.05) is 55.5 Å². The van der Waals surface area contributed by atoms with E-state index in [4.69, 9.17) is 11.6 Å². The first-order valence-electron chi connectivity index (χ1n) is 8.24. The number of carbonyl (C=O) groups is 1. The number of amides is 1. The topological polar surface area (TPSA) is 66.9 Å². The molecule has 26 heavy (non-hydrogen) atoms. The van der Waals surface area contributed by atoms with Crippen LogP contribution in [0.1, 0.15) is 27.2 Å². The molecule has 1 heterocycles. The van der Waals surface area contributed by atoms with Crippen molar-refractivity contribution in [2.45, 2.75) is 20.0 Å². The van der Waals surface area contributed by atoms with E-state index in [1.54, 1.807) is 6.20 Å². The average molecular weight is 367 g/mol. The first-order valence-corrected chi connectivity index (χ1v) is 8.62. The number of anilines is 1. The number of nitrogens with zero attached hydrogens (tertiary/aromatic N) is 2. The lowest BCUT2D eigenvalue weighted by Crippen LogP contribution is -2.24. The number of carbonyl (C=O) groups excluding carboxylic acids is 1. The SMILES string of the molecule is Cc1cccc(CNC(=O)c2cnc(NCc3ccc(Cl)cc3)cn2)c1. The van der Waals surface area contributed by atoms with E-state index in [9.17, 15) is 4.79 Å². The molecule has 6 heteroatoms. The molecule has 0 aliphatic carbocycles. The van der Waals surface area contributed by atoms with E-state index in [0.29, 0.717) is 23.9 Å². The molecule has 5 nitrogen and oxygen atoms in total. The lowest BCUT2D eigenvalue weighted by atomic mass is 10.1. The Bertz CT molecular complexity index is 879. The molecule has 132 valence electrons. The van der Waals surface area contributed by atoms with Gasteiger partial charge in [0.05, 0.1) is 12.4 Å². The van der Waals surface area contributed by atoms with Gasteiger partial charge in [0.25, 0.3) is 5.91 Å². The molecule has 0 bridgehead atoms. The van der Waals surface area contributed by atoms with E-state index in [0.717, 1.165) is 16.7 Å². The van der Waals surface area contributed by atoms with Crippen LogP contribution in [0, 0.1) is 6.92 Å². The molecule has 0 aliphatic heterocycles. The van der Waals surface area contributed by atoms with Gasteiger partial charge in [0, 0.05) is 18.1 Å². The first kappa shape index (κ1) is 17.9. The molecule has 0 fully saturated rings. The fourth-order valence-corrected chi connectivity index (χ4v) is 2.55. The van der Waals surface area contributed by atoms with Crippen molar-refractivity contribution in [2.24, 2.45) is 0 Å². The van der Waals surface area contributed by atoms with Crippen LogP contribution in [0.4, 0.5) is 5.82 Å². The average Bonchev–Trinajstić information content (AvgIpc) is 2.66. The molecule has 0 spiro atoms. The fraction of sp³-hybridized carbons (Fsp3) is 0.150. The molecule has 0 atom stereocenters. The monoisotopic (exact) mass is 366 g/mol. The summed E-state index contributed by atoms with van der Waals surface area (Å²) < 4.78 is 0. The Morgan fingerprint density at radius 3 is 2.50 bits per heavy atom. The van der Waals surface area contributed by atoms with Crippen LogP contribution >= 0.6 is 11.6 Å². The van der Waals surface area contributed by atoms with E-state index < -0.39 is 0 Å². The summed E-state index contributed by atoms with van der Waals surface area (Å²) in [5.74, 6) is 0.360. The van der Waals surface area contributed by atoms with Gasteiger partial charge in [-0.3, -0.25) is 4.79 Å². The summed E-state index contributed by atoms with van der Waals surface area (Å²) in [6, 6.07) is 15.6. The quantitative estimate of drug-likeness (QED) is 0.692. The Hall–Kier alpha value is -2.92. The van der Waals surface area contributed by atoms with E-state index >= 15 is 0 Å². The van der Waals surface area contributed by atoms with Crippen LogP contribution in [0.5, 0.6) is 0 Å². The summed E-state index contributed by atoms with van der Waals surface area (Å²) >= 11 is 5.87. The third kappa shape index (κ3) is 5.04. The van der Waals surface area contributed by atoms with Crippen LogP contribution in [0.3, 0.4) is 0 Å². The summed E-state index contributed by atoms with van der Waals surface area (Å²) in [5, 5.41) is 6.72. The van der Waals surface area contributed by atoms with Gasteiger partial charge < -0.3 is 10.6 Å². The maximum Gasteiger partial charge on any atom is 0.271 e. The molecule has 3 aromatic rings. The van der Waals surface area contributed by atoms with Crippen LogP contribution in [-0.2, 0) is 13.1 Å². The number of aromatic nitrogens is 2. The predicted molar refractivity (Wildman–Crippen MR) is 103 cm³/mol. The summed E-state index contributed by atoms with van der Waals surface area (Å²) in [5.41, 5.74) is 3.58. The number of nitrogens with one attached hydrogen (secondary N) is 2. The summed E-state index contributed by atoms with van der Waals surface area (Å²) in [6.45, 7) is 3.08. The maximum absolute atomic E-state index is 12.2. The van der Waals surface area contributed by atoms with Gasteiger partial charge in [-0.05, 0) is 30.2 Å². The molecule has 1 amide bonds. The number of halogens is 1. The highest BCUT2D eigenvalue weighted by Crippen LogP contribution is 2.11. The first-order chi connectivity index (χ1) is 12.6. The van der Waals surface area contributed by atoms with E-state index in [2.05, 4.69) is 20.6 Å². The van der Waals surface area contributed by atoms with E-state index in [-0.39, 0.29) is 11.6 Å². The summed E-state index contributed by atoms with van der Waals surface area (Å²) in [7, 11) is 0. The van der Waals surface area contributed by atoms with Crippen LogP contribution in [0.15, 0.2) is 60.9 Å². The van der Waals surface area contributed by atoms with Crippen LogP contribution in [0.2, 0.25) is 5.02 Å². The lowest BCUT2D eigenvalue weighted by Gasteiger charge is -2.07. The highest BCUT2D eigenvalue weighted by molar-refractivity contribution is 6.30. The predicted octanol–water partition coefficient (Wildman–Crippen LogP) is 3.98. The van der Waals surface area contributed by atoms with Gasteiger partial charge in [0.2, 0.25) is 0 Å². The normalized spacial score (nSPS) is 10.4. The van der Waals surface area contributed by atoms with Crippen molar-refractivity contribution in [3.05, 3.63) is 88.3 Å². The second kappa shape index (κ2) is 8.45. The Morgan fingerprint density at radius 1 is 1.00 bits per heavy atom. The van der Waals surface area contributed by atoms with Crippen molar-refractivity contribution in [1.82, 2.24) is 15.3 Å². The third-order valence-corrected chi connectivity index (χ3v) is 4.06. The maximum atomic E-state index is 12.2. The standard InChI is InChI=1S/C20H19ClN4O/c1-14-3-2-4-16(9-14)11-25-20(26)18-12-24-19(13-22-18)23-10-15-5-7-17(21)8-6-15/h2-9,12-13H,10-11H2,1H3,(H,23,24)(H,25,26). The minimum Gasteiger partial charge on any atom is -0.365 e. The summed E-state index contributed by atoms with van der Waals surface area (Å²) in [4.78, 5) is 20.6. The molecule has 0 saturated carbocycles. The van der Waals surface area contributed by atoms with Crippen LogP contribution < -0.4 is 10.6 Å². The van der Waals surface area contributed by atoms with Crippen molar-refractivity contribution in [3.63, 3.8) is 0 Å². The Labute approximate surface area is 157 Å². The molecule has 2 N–H and O–H groups in total. The Balaban J connectivity index is 1.53. The lowest BCUT2D eigenvalue weighted by molar-refractivity contribution is 0.0945. The molecule has 0 saturated heterocycles. The minimum absolute atomic E-state index is 0.247. The Kier molecular flexibility index (Phi) is 5.81. The third-order valence-electron chi connectivity index (χ3n) is 3.81. The van der Waals surface area contributed by atoms with Gasteiger partial charge in [0.15, 0.2) is 0 Å². The molecule has 0 radical (unpaired) electrons. The zero-order chi connectivity index (χ0) is 18.4. The molecular weight excluding hydrogens is 348 g/mol. The minimum atomic E-state index is -0.247. The molecule has 0 aliphatic rings. The molecule has 1 aromatic heterocycles. The van der Waals surface area contributed by atoms with Gasteiger partial charge in [-0.15, -0.1) is 0 Å². The van der Waals surface area contributed by atoms with E-state index in [1.165, 1.54) is 6.20 Å². The van der Waals surface area contributed by atoms with Crippen molar-refractivity contribution < 1.29 is 4.79 Å². The number of hydrogen-bond acceptors (Lipinski definition) is 4. The second-order valence-electron chi connectivity index (χ2n) is 5.94. The molecular formula is C20H19ClN4O. The zero-order valence-electron chi connectivity index (χ0n) is 14.4. The molecule has 3 rings (SSSR count). The smallest absolute Gasteiger partial charge is 0.271 e. The van der Waals surface area contributed by atoms with Crippen LogP contribution in [-0.4, -0.2) is 15.9 Å². The highest BCUT2D eigenvalue weighted by Gasteiger charge is 2.08. The van der Waals surface area contributed by atoms with Gasteiger partial charge >= 0.3 is 0 Å². The highest BCUT2D eigenvalue weighted by atomic mass is 35.5.